The smallest absolute Gasteiger partial charge is 0.373 e. The Labute approximate surface area is 199 Å². The minimum absolute atomic E-state index is 0.00543. The van der Waals surface area contributed by atoms with Gasteiger partial charge in [-0.1, -0.05) is 22.9 Å². The molecule has 0 unspecified atom stereocenters. The number of hydrogen-bond donors (Lipinski definition) is 1. The van der Waals surface area contributed by atoms with E-state index >= 15 is 0 Å². The maximum Gasteiger partial charge on any atom is 0.373 e. The number of imide groups is 1. The lowest BCUT2D eigenvalue weighted by molar-refractivity contribution is -0.123. The molecular weight excluding hydrogens is 496 g/mol. The molecule has 176 valence electrons. The normalized spacial score (nSPS) is 15.5. The Kier molecular flexibility index (Phi) is 7.80. The predicted octanol–water partition coefficient (Wildman–Crippen LogP) is 4.50. The molecule has 33 heavy (non-hydrogen) atoms. The monoisotopic (exact) mass is 520 g/mol. The van der Waals surface area contributed by atoms with E-state index in [1.807, 2.05) is 20.8 Å². The second-order valence-electron chi connectivity index (χ2n) is 7.23. The zero-order valence-corrected chi connectivity index (χ0v) is 20.4. The van der Waals surface area contributed by atoms with Crippen LogP contribution in [0.25, 0.3) is 6.08 Å². The van der Waals surface area contributed by atoms with Gasteiger partial charge in [0.15, 0.2) is 11.5 Å². The number of amides is 3. The number of nitrogens with zero attached hydrogens (tertiary/aromatic N) is 1. The van der Waals surface area contributed by atoms with Gasteiger partial charge in [-0.15, -0.1) is 0 Å². The van der Waals surface area contributed by atoms with E-state index in [9.17, 15) is 14.4 Å². The number of esters is 1. The number of carbonyl (C=O) groups is 3. The fraction of sp³-hybridized carbons (Fsp3) is 0.348. The van der Waals surface area contributed by atoms with Gasteiger partial charge in [0.25, 0.3) is 5.91 Å². The molecule has 0 bridgehead atoms. The van der Waals surface area contributed by atoms with Gasteiger partial charge < -0.3 is 23.9 Å². The Hall–Kier alpha value is -3.27. The van der Waals surface area contributed by atoms with Crippen molar-refractivity contribution in [3.05, 3.63) is 51.5 Å². The average molecular weight is 521 g/mol. The molecule has 2 aromatic rings. The Morgan fingerprint density at radius 1 is 1.24 bits per heavy atom. The first-order valence-electron chi connectivity index (χ1n) is 10.4. The quantitative estimate of drug-likeness (QED) is 0.294. The van der Waals surface area contributed by atoms with Crippen LogP contribution < -0.4 is 14.8 Å². The highest BCUT2D eigenvalue weighted by Gasteiger charge is 2.34. The molecule has 1 aliphatic rings. The van der Waals surface area contributed by atoms with Crippen LogP contribution in [0.1, 0.15) is 49.1 Å². The highest BCUT2D eigenvalue weighted by Crippen LogP contribution is 2.36. The number of nitrogens with one attached hydrogen (secondary N) is 1. The second kappa shape index (κ2) is 10.6. The molecular formula is C23H25BrN2O7. The molecule has 0 spiro atoms. The highest BCUT2D eigenvalue weighted by atomic mass is 79.9. The van der Waals surface area contributed by atoms with Crippen molar-refractivity contribution in [2.24, 2.45) is 0 Å². The summed E-state index contributed by atoms with van der Waals surface area (Å²) in [5.74, 6) is 0.208. The zero-order chi connectivity index (χ0) is 24.1. The number of methoxy groups -OCH3 is 1. The molecule has 0 aliphatic carbocycles. The van der Waals surface area contributed by atoms with Crippen LogP contribution in [0.5, 0.6) is 11.5 Å². The Bertz CT molecular complexity index is 1090. The summed E-state index contributed by atoms with van der Waals surface area (Å²) in [6.45, 7) is 6.17. The van der Waals surface area contributed by atoms with Crippen molar-refractivity contribution >= 4 is 39.9 Å². The zero-order valence-electron chi connectivity index (χ0n) is 18.8. The number of halogens is 1. The summed E-state index contributed by atoms with van der Waals surface area (Å²) < 4.78 is 22.3. The SMILES string of the molecule is CCOc1cc(/C=C2\NC(=O)N(Cc3ccc(C(=O)OC)o3)C2=O)c(Br)cc1O[C@@H](C)CC. The molecule has 9 nitrogen and oxygen atoms in total. The van der Waals surface area contributed by atoms with E-state index < -0.39 is 17.9 Å². The number of urea groups is 1. The molecule has 0 saturated carbocycles. The van der Waals surface area contributed by atoms with Gasteiger partial charge in [-0.2, -0.15) is 0 Å². The lowest BCUT2D eigenvalue weighted by Gasteiger charge is -2.17. The van der Waals surface area contributed by atoms with Crippen LogP contribution in [-0.2, 0) is 16.1 Å². The van der Waals surface area contributed by atoms with Gasteiger partial charge in [0.2, 0.25) is 5.76 Å². The largest absolute Gasteiger partial charge is 0.490 e. The average Bonchev–Trinajstić information content (AvgIpc) is 3.36. The van der Waals surface area contributed by atoms with Gasteiger partial charge in [-0.05, 0) is 56.2 Å². The molecule has 1 fully saturated rings. The third-order valence-electron chi connectivity index (χ3n) is 4.89. The van der Waals surface area contributed by atoms with Crippen LogP contribution in [0.4, 0.5) is 4.79 Å². The summed E-state index contributed by atoms with van der Waals surface area (Å²) in [4.78, 5) is 37.8. The number of ether oxygens (including phenoxy) is 3. The fourth-order valence-corrected chi connectivity index (χ4v) is 3.46. The van der Waals surface area contributed by atoms with Gasteiger partial charge in [0, 0.05) is 4.47 Å². The molecule has 3 amide bonds. The molecule has 1 aromatic carbocycles. The van der Waals surface area contributed by atoms with Gasteiger partial charge in [-0.3, -0.25) is 9.69 Å². The number of furan rings is 1. The standard InChI is InChI=1S/C23H25BrN2O7/c1-5-13(3)32-20-11-16(24)14(10-19(20)31-6-2)9-17-21(27)26(23(29)25-17)12-15-7-8-18(33-15)22(28)30-4/h7-11,13H,5-6,12H2,1-4H3,(H,25,29)/b17-9-/t13-/m0/s1. The highest BCUT2D eigenvalue weighted by molar-refractivity contribution is 9.10. The molecule has 1 aliphatic heterocycles. The third kappa shape index (κ3) is 5.57. The lowest BCUT2D eigenvalue weighted by Crippen LogP contribution is -2.30. The van der Waals surface area contributed by atoms with Crippen LogP contribution in [0.2, 0.25) is 0 Å². The van der Waals surface area contributed by atoms with Crippen molar-refractivity contribution in [3.63, 3.8) is 0 Å². The Balaban J connectivity index is 1.84. The maximum atomic E-state index is 12.9. The minimum Gasteiger partial charge on any atom is -0.490 e. The van der Waals surface area contributed by atoms with Gasteiger partial charge in [0.05, 0.1) is 26.4 Å². The summed E-state index contributed by atoms with van der Waals surface area (Å²) in [6.07, 6.45) is 2.40. The summed E-state index contributed by atoms with van der Waals surface area (Å²) in [5, 5.41) is 2.57. The van der Waals surface area contributed by atoms with Crippen molar-refractivity contribution in [3.8, 4) is 11.5 Å². The van der Waals surface area contributed by atoms with Crippen molar-refractivity contribution < 1.29 is 33.0 Å². The number of benzene rings is 1. The van der Waals surface area contributed by atoms with E-state index in [4.69, 9.17) is 13.9 Å². The van der Waals surface area contributed by atoms with Crippen LogP contribution >= 0.6 is 15.9 Å². The van der Waals surface area contributed by atoms with Crippen LogP contribution in [0.3, 0.4) is 0 Å². The van der Waals surface area contributed by atoms with Gasteiger partial charge in [-0.25, -0.2) is 9.59 Å². The first-order chi connectivity index (χ1) is 15.8. The topological polar surface area (TPSA) is 107 Å². The minimum atomic E-state index is -0.644. The van der Waals surface area contributed by atoms with Crippen molar-refractivity contribution in [2.45, 2.75) is 39.8 Å². The molecule has 1 saturated heterocycles. The molecule has 3 rings (SSSR count). The number of hydrogen-bond acceptors (Lipinski definition) is 7. The number of carbonyl (C=O) groups excluding carboxylic acids is 3. The van der Waals surface area contributed by atoms with Crippen molar-refractivity contribution in [1.29, 1.82) is 0 Å². The molecule has 10 heteroatoms. The first-order valence-corrected chi connectivity index (χ1v) is 11.2. The molecule has 1 atom stereocenters. The van der Waals surface area contributed by atoms with E-state index in [-0.39, 0.29) is 29.9 Å². The van der Waals surface area contributed by atoms with Crippen molar-refractivity contribution in [2.75, 3.05) is 13.7 Å². The summed E-state index contributed by atoms with van der Waals surface area (Å²) >= 11 is 3.50. The molecule has 1 N–H and O–H groups in total. The third-order valence-corrected chi connectivity index (χ3v) is 5.58. The second-order valence-corrected chi connectivity index (χ2v) is 8.08. The Morgan fingerprint density at radius 2 is 2.00 bits per heavy atom. The summed E-state index contributed by atoms with van der Waals surface area (Å²) in [7, 11) is 1.23. The molecule has 2 heterocycles. The maximum absolute atomic E-state index is 12.9. The molecule has 0 radical (unpaired) electrons. The van der Waals surface area contributed by atoms with Crippen LogP contribution in [-0.4, -0.2) is 42.6 Å². The van der Waals surface area contributed by atoms with E-state index in [2.05, 4.69) is 26.0 Å². The molecule has 1 aromatic heterocycles. The predicted molar refractivity (Wildman–Crippen MR) is 123 cm³/mol. The first kappa shape index (κ1) is 24.4. The lowest BCUT2D eigenvalue weighted by atomic mass is 10.1. The number of rotatable bonds is 9. The summed E-state index contributed by atoms with van der Waals surface area (Å²) in [5.41, 5.74) is 0.727. The van der Waals surface area contributed by atoms with Gasteiger partial charge >= 0.3 is 12.0 Å². The van der Waals surface area contributed by atoms with E-state index in [1.165, 1.54) is 19.2 Å². The van der Waals surface area contributed by atoms with Gasteiger partial charge in [0.1, 0.15) is 11.5 Å². The van der Waals surface area contributed by atoms with E-state index in [0.717, 1.165) is 11.3 Å². The van der Waals surface area contributed by atoms with Crippen molar-refractivity contribution in [1.82, 2.24) is 10.2 Å². The summed E-state index contributed by atoms with van der Waals surface area (Å²) in [6, 6.07) is 5.86. The van der Waals surface area contributed by atoms with E-state index in [0.29, 0.717) is 28.1 Å². The fourth-order valence-electron chi connectivity index (χ4n) is 3.02. The van der Waals surface area contributed by atoms with Crippen LogP contribution in [0.15, 0.2) is 38.9 Å². The van der Waals surface area contributed by atoms with E-state index in [1.54, 1.807) is 18.2 Å². The van der Waals surface area contributed by atoms with Crippen LogP contribution in [0, 0.1) is 0 Å². The Morgan fingerprint density at radius 3 is 2.67 bits per heavy atom.